The first-order chi connectivity index (χ1) is 10.5. The van der Waals surface area contributed by atoms with E-state index in [0.29, 0.717) is 24.5 Å². The second kappa shape index (κ2) is 5.62. The van der Waals surface area contributed by atoms with Crippen molar-refractivity contribution in [1.29, 1.82) is 0 Å². The maximum absolute atomic E-state index is 12.3. The van der Waals surface area contributed by atoms with Gasteiger partial charge in [0.1, 0.15) is 4.21 Å². The third kappa shape index (κ3) is 2.93. The van der Waals surface area contributed by atoms with E-state index in [1.54, 1.807) is 41.3 Å². The molecule has 2 heterocycles. The third-order valence-corrected chi connectivity index (χ3v) is 6.12. The Balaban J connectivity index is 1.85. The van der Waals surface area contributed by atoms with Crippen molar-refractivity contribution in [1.82, 2.24) is 5.32 Å². The van der Waals surface area contributed by atoms with E-state index in [2.05, 4.69) is 10.0 Å². The second-order valence-corrected chi connectivity index (χ2v) is 8.10. The lowest BCUT2D eigenvalue weighted by atomic mass is 10.2. The summed E-state index contributed by atoms with van der Waals surface area (Å²) in [7, 11) is -3.60. The summed E-state index contributed by atoms with van der Waals surface area (Å²) < 4.78 is 27.5. The predicted molar refractivity (Wildman–Crippen MR) is 87.1 cm³/mol. The van der Waals surface area contributed by atoms with Gasteiger partial charge in [-0.2, -0.15) is 0 Å². The topological polar surface area (TPSA) is 78.5 Å². The van der Waals surface area contributed by atoms with Gasteiger partial charge in [-0.3, -0.25) is 9.62 Å². The second-order valence-electron chi connectivity index (χ2n) is 4.90. The molecule has 8 heteroatoms. The Morgan fingerprint density at radius 2 is 2.09 bits per heavy atom. The molecule has 1 aromatic carbocycles. The number of aryl methyl sites for hydroxylation is 1. The van der Waals surface area contributed by atoms with Crippen LogP contribution in [0.5, 0.6) is 0 Å². The monoisotopic (exact) mass is 337 g/mol. The van der Waals surface area contributed by atoms with Crippen LogP contribution in [0.1, 0.15) is 4.88 Å². The number of thiophene rings is 1. The van der Waals surface area contributed by atoms with Crippen LogP contribution in [0.4, 0.5) is 16.2 Å². The zero-order valence-corrected chi connectivity index (χ0v) is 13.5. The minimum absolute atomic E-state index is 0.172. The van der Waals surface area contributed by atoms with Gasteiger partial charge in [0.25, 0.3) is 10.0 Å². The lowest BCUT2D eigenvalue weighted by Crippen LogP contribution is -2.27. The number of carbonyl (C=O) groups excluding carboxylic acids is 1. The molecule has 3 rings (SSSR count). The number of anilines is 2. The van der Waals surface area contributed by atoms with Crippen molar-refractivity contribution in [3.8, 4) is 0 Å². The largest absolute Gasteiger partial charge is 0.336 e. The Hall–Kier alpha value is -2.06. The molecule has 116 valence electrons. The first kappa shape index (κ1) is 14.9. The Morgan fingerprint density at radius 1 is 1.27 bits per heavy atom. The Kier molecular flexibility index (Phi) is 3.79. The SMILES string of the molecule is Cc1ccc(S(=O)(=O)Nc2cccc(N3CCNC3=O)c2)s1. The molecule has 0 radical (unpaired) electrons. The van der Waals surface area contributed by atoms with Crippen LogP contribution in [0.15, 0.2) is 40.6 Å². The van der Waals surface area contributed by atoms with Gasteiger partial charge in [-0.15, -0.1) is 11.3 Å². The Labute approximate surface area is 132 Å². The van der Waals surface area contributed by atoms with E-state index in [9.17, 15) is 13.2 Å². The van der Waals surface area contributed by atoms with E-state index >= 15 is 0 Å². The van der Waals surface area contributed by atoms with E-state index < -0.39 is 10.0 Å². The maximum atomic E-state index is 12.3. The van der Waals surface area contributed by atoms with Crippen molar-refractivity contribution in [2.45, 2.75) is 11.1 Å². The molecule has 1 aliphatic rings. The zero-order chi connectivity index (χ0) is 15.7. The van der Waals surface area contributed by atoms with Crippen molar-refractivity contribution < 1.29 is 13.2 Å². The smallest absolute Gasteiger partial charge is 0.321 e. The number of hydrogen-bond acceptors (Lipinski definition) is 4. The van der Waals surface area contributed by atoms with Gasteiger partial charge in [0.15, 0.2) is 0 Å². The zero-order valence-electron chi connectivity index (χ0n) is 11.9. The van der Waals surface area contributed by atoms with Crippen LogP contribution in [-0.2, 0) is 10.0 Å². The molecule has 1 saturated heterocycles. The molecule has 6 nitrogen and oxygen atoms in total. The molecule has 0 spiro atoms. The summed E-state index contributed by atoms with van der Waals surface area (Å²) >= 11 is 1.22. The van der Waals surface area contributed by atoms with Crippen molar-refractivity contribution in [2.24, 2.45) is 0 Å². The highest BCUT2D eigenvalue weighted by Gasteiger charge is 2.22. The van der Waals surface area contributed by atoms with Gasteiger partial charge in [0.05, 0.1) is 5.69 Å². The van der Waals surface area contributed by atoms with Crippen LogP contribution >= 0.6 is 11.3 Å². The number of urea groups is 1. The van der Waals surface area contributed by atoms with Gasteiger partial charge in [0.2, 0.25) is 0 Å². The molecule has 22 heavy (non-hydrogen) atoms. The van der Waals surface area contributed by atoms with Crippen molar-refractivity contribution in [3.63, 3.8) is 0 Å². The number of hydrogen-bond donors (Lipinski definition) is 2. The average Bonchev–Trinajstić information content (AvgIpc) is 3.07. The van der Waals surface area contributed by atoms with E-state index in [1.807, 2.05) is 6.92 Å². The van der Waals surface area contributed by atoms with Gasteiger partial charge >= 0.3 is 6.03 Å². The summed E-state index contributed by atoms with van der Waals surface area (Å²) in [5.41, 5.74) is 1.10. The van der Waals surface area contributed by atoms with E-state index in [-0.39, 0.29) is 10.2 Å². The standard InChI is InChI=1S/C14H15N3O3S2/c1-10-5-6-13(21-10)22(19,20)16-11-3-2-4-12(9-11)17-8-7-15-14(17)18/h2-6,9,16H,7-8H2,1H3,(H,15,18). The fourth-order valence-corrected chi connectivity index (χ4v) is 4.55. The molecule has 0 saturated carbocycles. The molecule has 0 atom stereocenters. The summed E-state index contributed by atoms with van der Waals surface area (Å²) in [6.07, 6.45) is 0. The summed E-state index contributed by atoms with van der Waals surface area (Å²) in [6.45, 7) is 3.01. The van der Waals surface area contributed by atoms with Gasteiger partial charge in [-0.05, 0) is 37.3 Å². The molecule has 2 aromatic rings. The molecule has 1 aromatic heterocycles. The number of amides is 2. The molecule has 0 bridgehead atoms. The number of carbonyl (C=O) groups is 1. The molecular weight excluding hydrogens is 322 g/mol. The number of benzene rings is 1. The summed E-state index contributed by atoms with van der Waals surface area (Å²) in [5.74, 6) is 0. The predicted octanol–water partition coefficient (Wildman–Crippen LogP) is 2.39. The number of rotatable bonds is 4. The lowest BCUT2D eigenvalue weighted by molar-refractivity contribution is 0.252. The molecular formula is C14H15N3O3S2. The van der Waals surface area contributed by atoms with Crippen molar-refractivity contribution in [3.05, 3.63) is 41.3 Å². The summed E-state index contributed by atoms with van der Waals surface area (Å²) in [6, 6.07) is 9.99. The molecule has 0 unspecified atom stereocenters. The molecule has 0 aliphatic carbocycles. The minimum Gasteiger partial charge on any atom is -0.336 e. The fourth-order valence-electron chi connectivity index (χ4n) is 2.22. The van der Waals surface area contributed by atoms with Gasteiger partial charge < -0.3 is 5.32 Å². The highest BCUT2D eigenvalue weighted by atomic mass is 32.2. The maximum Gasteiger partial charge on any atom is 0.321 e. The average molecular weight is 337 g/mol. The first-order valence-corrected chi connectivity index (χ1v) is 9.00. The molecule has 1 fully saturated rings. The quantitative estimate of drug-likeness (QED) is 0.899. The molecule has 2 amide bonds. The van der Waals surface area contributed by atoms with Crippen LogP contribution in [-0.4, -0.2) is 27.5 Å². The Morgan fingerprint density at radius 3 is 2.73 bits per heavy atom. The minimum atomic E-state index is -3.60. The summed E-state index contributed by atoms with van der Waals surface area (Å²) in [5, 5.41) is 2.71. The van der Waals surface area contributed by atoms with Crippen LogP contribution in [0.2, 0.25) is 0 Å². The van der Waals surface area contributed by atoms with Crippen molar-refractivity contribution >= 4 is 38.8 Å². The molecule has 2 N–H and O–H groups in total. The highest BCUT2D eigenvalue weighted by molar-refractivity contribution is 7.94. The van der Waals surface area contributed by atoms with E-state index in [4.69, 9.17) is 0 Å². The van der Waals surface area contributed by atoms with Crippen LogP contribution in [0.3, 0.4) is 0 Å². The summed E-state index contributed by atoms with van der Waals surface area (Å²) in [4.78, 5) is 14.2. The lowest BCUT2D eigenvalue weighted by Gasteiger charge is -2.15. The highest BCUT2D eigenvalue weighted by Crippen LogP contribution is 2.26. The fraction of sp³-hybridized carbons (Fsp3) is 0.214. The van der Waals surface area contributed by atoms with Crippen LogP contribution in [0, 0.1) is 6.92 Å². The van der Waals surface area contributed by atoms with Gasteiger partial charge in [-0.1, -0.05) is 6.07 Å². The van der Waals surface area contributed by atoms with E-state index in [0.717, 1.165) is 4.88 Å². The van der Waals surface area contributed by atoms with Crippen LogP contribution < -0.4 is 14.9 Å². The number of nitrogens with zero attached hydrogens (tertiary/aromatic N) is 1. The van der Waals surface area contributed by atoms with Gasteiger partial charge in [-0.25, -0.2) is 13.2 Å². The third-order valence-electron chi connectivity index (χ3n) is 3.25. The van der Waals surface area contributed by atoms with Gasteiger partial charge in [0, 0.05) is 23.7 Å². The normalized spacial score (nSPS) is 15.0. The first-order valence-electron chi connectivity index (χ1n) is 6.70. The van der Waals surface area contributed by atoms with E-state index in [1.165, 1.54) is 11.3 Å². The van der Waals surface area contributed by atoms with Crippen molar-refractivity contribution in [2.75, 3.05) is 22.7 Å². The number of nitrogens with one attached hydrogen (secondary N) is 2. The van der Waals surface area contributed by atoms with Crippen LogP contribution in [0.25, 0.3) is 0 Å². The Bertz CT molecular complexity index is 814. The number of sulfonamides is 1. The molecule has 1 aliphatic heterocycles.